The van der Waals surface area contributed by atoms with Crippen LogP contribution in [0, 0.1) is 19.9 Å². The molecule has 0 amide bonds. The standard InChI is InChI=1S/C21H17N2.Pt/c1-15-9-8-10-16(2)21(15)23-19-14-7-6-13-18(19)20(22-23)17-11-4-3-5-12-17;/h3-11,13-14H,1-2H3;/q-1;. The van der Waals surface area contributed by atoms with Crippen molar-refractivity contribution in [2.75, 3.05) is 0 Å². The first kappa shape index (κ1) is 16.7. The molecule has 0 aliphatic heterocycles. The Bertz CT molecular complexity index is 967. The Morgan fingerprint density at radius 2 is 1.54 bits per heavy atom. The van der Waals surface area contributed by atoms with Gasteiger partial charge in [-0.2, -0.15) is 0 Å². The predicted octanol–water partition coefficient (Wildman–Crippen LogP) is 5.11. The van der Waals surface area contributed by atoms with Gasteiger partial charge in [-0.25, -0.2) is 9.78 Å². The number of nitrogens with zero attached hydrogens (tertiary/aromatic N) is 2. The summed E-state index contributed by atoms with van der Waals surface area (Å²) in [6.07, 6.45) is 0. The molecule has 1 aromatic heterocycles. The first-order valence-corrected chi connectivity index (χ1v) is 7.77. The van der Waals surface area contributed by atoms with Gasteiger partial charge < -0.3 is 0 Å². The number of hydrogen-bond acceptors (Lipinski definition) is 1. The van der Waals surface area contributed by atoms with Gasteiger partial charge in [0.25, 0.3) is 0 Å². The van der Waals surface area contributed by atoms with E-state index in [1.54, 1.807) is 0 Å². The molecule has 0 fully saturated rings. The van der Waals surface area contributed by atoms with Crippen molar-refractivity contribution in [3.8, 4) is 16.9 Å². The molecule has 0 radical (unpaired) electrons. The summed E-state index contributed by atoms with van der Waals surface area (Å²) in [6.45, 7) is 4.26. The molecule has 0 atom stereocenters. The topological polar surface area (TPSA) is 17.8 Å². The van der Waals surface area contributed by atoms with Gasteiger partial charge in [-0.3, -0.25) is 0 Å². The van der Waals surface area contributed by atoms with E-state index >= 15 is 0 Å². The van der Waals surface area contributed by atoms with E-state index in [2.05, 4.69) is 73.1 Å². The molecule has 0 spiro atoms. The van der Waals surface area contributed by atoms with E-state index < -0.39 is 0 Å². The van der Waals surface area contributed by atoms with Crippen LogP contribution in [0.3, 0.4) is 0 Å². The molecule has 122 valence electrons. The maximum Gasteiger partial charge on any atom is 0.0702 e. The van der Waals surface area contributed by atoms with Gasteiger partial charge in [0.05, 0.1) is 11.2 Å². The molecule has 24 heavy (non-hydrogen) atoms. The smallest absolute Gasteiger partial charge is 0.0702 e. The van der Waals surface area contributed by atoms with Crippen molar-refractivity contribution in [3.63, 3.8) is 0 Å². The summed E-state index contributed by atoms with van der Waals surface area (Å²) in [5.41, 5.74) is 6.73. The van der Waals surface area contributed by atoms with Crippen LogP contribution in [-0.4, -0.2) is 9.78 Å². The molecule has 4 rings (SSSR count). The van der Waals surface area contributed by atoms with E-state index in [1.165, 1.54) is 11.1 Å². The summed E-state index contributed by atoms with van der Waals surface area (Å²) in [5.74, 6) is 0. The fraction of sp³-hybridized carbons (Fsp3) is 0.0952. The van der Waals surface area contributed by atoms with Gasteiger partial charge in [0.15, 0.2) is 0 Å². The Kier molecular flexibility index (Phi) is 4.68. The summed E-state index contributed by atoms with van der Waals surface area (Å²) >= 11 is 0. The molecule has 0 aliphatic carbocycles. The maximum absolute atomic E-state index is 4.94. The monoisotopic (exact) mass is 492 g/mol. The Labute approximate surface area is 156 Å². The first-order chi connectivity index (χ1) is 11.3. The molecule has 2 nitrogen and oxygen atoms in total. The molecule has 0 unspecified atom stereocenters. The van der Waals surface area contributed by atoms with E-state index in [0.29, 0.717) is 0 Å². The average Bonchev–Trinajstić information content (AvgIpc) is 2.95. The van der Waals surface area contributed by atoms with Gasteiger partial charge in [0.2, 0.25) is 0 Å². The molecule has 0 saturated carbocycles. The van der Waals surface area contributed by atoms with Crippen LogP contribution in [0.4, 0.5) is 0 Å². The normalized spacial score (nSPS) is 10.6. The minimum atomic E-state index is 0. The van der Waals surface area contributed by atoms with E-state index in [-0.39, 0.29) is 21.1 Å². The third-order valence-corrected chi connectivity index (χ3v) is 4.20. The molecular weight excluding hydrogens is 475 g/mol. The van der Waals surface area contributed by atoms with Gasteiger partial charge in [0, 0.05) is 26.8 Å². The number of para-hydroxylation sites is 2. The minimum absolute atomic E-state index is 0. The number of aryl methyl sites for hydroxylation is 2. The zero-order valence-electron chi connectivity index (χ0n) is 13.6. The quantitative estimate of drug-likeness (QED) is 0.356. The summed E-state index contributed by atoms with van der Waals surface area (Å²) in [4.78, 5) is 0. The Morgan fingerprint density at radius 1 is 0.833 bits per heavy atom. The number of fused-ring (bicyclic) bond motifs is 1. The molecular formula is C21H17N2Pt-. The number of hydrogen-bond donors (Lipinski definition) is 0. The summed E-state index contributed by atoms with van der Waals surface area (Å²) in [7, 11) is 0. The van der Waals surface area contributed by atoms with Crippen molar-refractivity contribution in [1.82, 2.24) is 9.78 Å². The van der Waals surface area contributed by atoms with E-state index in [0.717, 1.165) is 27.8 Å². The predicted molar refractivity (Wildman–Crippen MR) is 94.8 cm³/mol. The van der Waals surface area contributed by atoms with E-state index in [1.807, 2.05) is 18.2 Å². The molecule has 0 aliphatic rings. The first-order valence-electron chi connectivity index (χ1n) is 7.77. The Morgan fingerprint density at radius 3 is 2.25 bits per heavy atom. The fourth-order valence-electron chi connectivity index (χ4n) is 3.12. The molecule has 0 bridgehead atoms. The third kappa shape index (κ3) is 2.72. The fourth-order valence-corrected chi connectivity index (χ4v) is 3.12. The molecule has 0 saturated heterocycles. The van der Waals surface area contributed by atoms with E-state index in [9.17, 15) is 0 Å². The van der Waals surface area contributed by atoms with Crippen LogP contribution in [0.5, 0.6) is 0 Å². The minimum Gasteiger partial charge on any atom is -0.242 e. The zero-order valence-corrected chi connectivity index (χ0v) is 15.8. The van der Waals surface area contributed by atoms with Crippen molar-refractivity contribution >= 4 is 10.9 Å². The summed E-state index contributed by atoms with van der Waals surface area (Å²) in [6, 6.07) is 26.0. The van der Waals surface area contributed by atoms with Gasteiger partial charge in [0.1, 0.15) is 0 Å². The SMILES string of the molecule is Cc1cccc(C)c1-n1nc(-c2[c-]cccc2)c2ccccc21.[Pt]. The maximum atomic E-state index is 4.94. The van der Waals surface area contributed by atoms with Crippen LogP contribution in [-0.2, 0) is 21.1 Å². The summed E-state index contributed by atoms with van der Waals surface area (Å²) in [5, 5.41) is 6.09. The second-order valence-electron chi connectivity index (χ2n) is 5.79. The second kappa shape index (κ2) is 6.74. The van der Waals surface area contributed by atoms with Crippen molar-refractivity contribution in [1.29, 1.82) is 0 Å². The van der Waals surface area contributed by atoms with Gasteiger partial charge >= 0.3 is 0 Å². The van der Waals surface area contributed by atoms with Crippen LogP contribution in [0.15, 0.2) is 66.7 Å². The van der Waals surface area contributed by atoms with Gasteiger partial charge in [-0.1, -0.05) is 36.4 Å². The number of aromatic nitrogens is 2. The Hall–Kier alpha value is -2.18. The number of rotatable bonds is 2. The van der Waals surface area contributed by atoms with Crippen LogP contribution in [0.2, 0.25) is 0 Å². The summed E-state index contributed by atoms with van der Waals surface area (Å²) < 4.78 is 2.07. The Balaban J connectivity index is 0.00000169. The largest absolute Gasteiger partial charge is 0.242 e. The van der Waals surface area contributed by atoms with Crippen LogP contribution in [0.25, 0.3) is 27.8 Å². The van der Waals surface area contributed by atoms with Crippen LogP contribution in [0.1, 0.15) is 11.1 Å². The van der Waals surface area contributed by atoms with Gasteiger partial charge in [-0.05, 0) is 36.4 Å². The molecule has 3 heteroatoms. The van der Waals surface area contributed by atoms with Crippen molar-refractivity contribution in [2.45, 2.75) is 13.8 Å². The zero-order chi connectivity index (χ0) is 15.8. The van der Waals surface area contributed by atoms with Crippen molar-refractivity contribution in [2.24, 2.45) is 0 Å². The second-order valence-corrected chi connectivity index (χ2v) is 5.79. The average molecular weight is 492 g/mol. The molecule has 4 aromatic rings. The van der Waals surface area contributed by atoms with E-state index in [4.69, 9.17) is 5.10 Å². The number of benzene rings is 3. The van der Waals surface area contributed by atoms with Crippen molar-refractivity contribution < 1.29 is 21.1 Å². The van der Waals surface area contributed by atoms with Crippen molar-refractivity contribution in [3.05, 3.63) is 83.9 Å². The third-order valence-electron chi connectivity index (χ3n) is 4.20. The van der Waals surface area contributed by atoms with Crippen LogP contribution >= 0.6 is 0 Å². The van der Waals surface area contributed by atoms with Crippen LogP contribution < -0.4 is 0 Å². The molecule has 3 aromatic carbocycles. The molecule has 0 N–H and O–H groups in total. The molecule has 1 heterocycles. The van der Waals surface area contributed by atoms with Gasteiger partial charge in [-0.15, -0.1) is 35.9 Å².